The first-order valence-corrected chi connectivity index (χ1v) is 6.99. The van der Waals surface area contributed by atoms with Gasteiger partial charge in [-0.25, -0.2) is 4.39 Å². The predicted molar refractivity (Wildman–Crippen MR) is 79.0 cm³/mol. The molecule has 0 aliphatic carbocycles. The van der Waals surface area contributed by atoms with Gasteiger partial charge in [-0.2, -0.15) is 5.10 Å². The van der Waals surface area contributed by atoms with Gasteiger partial charge in [-0.05, 0) is 43.0 Å². The fourth-order valence-electron chi connectivity index (χ4n) is 2.38. The summed E-state index contributed by atoms with van der Waals surface area (Å²) in [6, 6.07) is 5.92. The maximum absolute atomic E-state index is 13.6. The Morgan fingerprint density at radius 3 is 2.35 bits per heavy atom. The van der Waals surface area contributed by atoms with Crippen LogP contribution in [-0.4, -0.2) is 9.78 Å². The number of rotatable bonds is 5. The number of nitrogens with one attached hydrogen (secondary N) is 1. The molecule has 2 rings (SSSR count). The summed E-state index contributed by atoms with van der Waals surface area (Å²) in [6.45, 7) is 7.21. The summed E-state index contributed by atoms with van der Waals surface area (Å²) < 4.78 is 15.5. The summed E-state index contributed by atoms with van der Waals surface area (Å²) in [5.41, 5.74) is 4.79. The number of hydrogen-bond acceptors (Lipinski definition) is 2. The molecule has 1 heterocycles. The summed E-state index contributed by atoms with van der Waals surface area (Å²) >= 11 is 0. The number of nitrogens with zero attached hydrogens (tertiary/aromatic N) is 2. The molecule has 1 N–H and O–H groups in total. The maximum Gasteiger partial charge on any atom is 0.129 e. The topological polar surface area (TPSA) is 29.9 Å². The average Bonchev–Trinajstić information content (AvgIpc) is 2.77. The number of benzene rings is 1. The fourth-order valence-corrected chi connectivity index (χ4v) is 2.38. The first-order chi connectivity index (χ1) is 9.51. The minimum absolute atomic E-state index is 0.104. The standard InChI is InChI=1S/C16H22FN3/c1-5-14-8-15(20(4)19-14)10-18-9-13-6-11(2)16(17)12(3)7-13/h6-8,18H,5,9-10H2,1-4H3. The Hall–Kier alpha value is -1.68. The van der Waals surface area contributed by atoms with E-state index >= 15 is 0 Å². The quantitative estimate of drug-likeness (QED) is 0.909. The van der Waals surface area contributed by atoms with Crippen molar-refractivity contribution >= 4 is 0 Å². The van der Waals surface area contributed by atoms with Crippen LogP contribution >= 0.6 is 0 Å². The molecule has 2 aromatic rings. The highest BCUT2D eigenvalue weighted by Crippen LogP contribution is 2.14. The molecule has 1 aromatic carbocycles. The molecule has 4 heteroatoms. The summed E-state index contributed by atoms with van der Waals surface area (Å²) in [5, 5.41) is 7.81. The molecular formula is C16H22FN3. The van der Waals surface area contributed by atoms with E-state index in [-0.39, 0.29) is 5.82 Å². The van der Waals surface area contributed by atoms with E-state index in [4.69, 9.17) is 0 Å². The van der Waals surface area contributed by atoms with Gasteiger partial charge in [0.25, 0.3) is 0 Å². The van der Waals surface area contributed by atoms with E-state index in [0.29, 0.717) is 11.1 Å². The highest BCUT2D eigenvalue weighted by molar-refractivity contribution is 5.30. The van der Waals surface area contributed by atoms with Gasteiger partial charge in [0.2, 0.25) is 0 Å². The molecule has 3 nitrogen and oxygen atoms in total. The van der Waals surface area contributed by atoms with Gasteiger partial charge < -0.3 is 5.32 Å². The van der Waals surface area contributed by atoms with E-state index in [2.05, 4.69) is 23.4 Å². The molecule has 0 atom stereocenters. The Bertz CT molecular complexity index is 579. The zero-order chi connectivity index (χ0) is 14.7. The average molecular weight is 275 g/mol. The Labute approximate surface area is 119 Å². The largest absolute Gasteiger partial charge is 0.307 e. The minimum atomic E-state index is -0.104. The van der Waals surface area contributed by atoms with Crippen molar-refractivity contribution in [2.24, 2.45) is 7.05 Å². The molecule has 0 saturated heterocycles. The highest BCUT2D eigenvalue weighted by atomic mass is 19.1. The Morgan fingerprint density at radius 2 is 1.80 bits per heavy atom. The van der Waals surface area contributed by atoms with Gasteiger partial charge in [0.15, 0.2) is 0 Å². The molecule has 0 unspecified atom stereocenters. The van der Waals surface area contributed by atoms with Gasteiger partial charge in [-0.1, -0.05) is 19.1 Å². The van der Waals surface area contributed by atoms with Gasteiger partial charge in [0, 0.05) is 20.1 Å². The smallest absolute Gasteiger partial charge is 0.129 e. The second kappa shape index (κ2) is 6.18. The van der Waals surface area contributed by atoms with E-state index in [0.717, 1.165) is 36.5 Å². The van der Waals surface area contributed by atoms with Crippen molar-refractivity contribution in [1.82, 2.24) is 15.1 Å². The summed E-state index contributed by atoms with van der Waals surface area (Å²) in [4.78, 5) is 0. The van der Waals surface area contributed by atoms with E-state index in [1.165, 1.54) is 0 Å². The maximum atomic E-state index is 13.6. The minimum Gasteiger partial charge on any atom is -0.307 e. The predicted octanol–water partition coefficient (Wildman–Crippen LogP) is 3.03. The van der Waals surface area contributed by atoms with Crippen molar-refractivity contribution in [1.29, 1.82) is 0 Å². The summed E-state index contributed by atoms with van der Waals surface area (Å²) in [5.74, 6) is -0.104. The van der Waals surface area contributed by atoms with Crippen LogP contribution < -0.4 is 5.32 Å². The van der Waals surface area contributed by atoms with Gasteiger partial charge in [0.05, 0.1) is 11.4 Å². The third-order valence-corrected chi connectivity index (χ3v) is 3.52. The van der Waals surface area contributed by atoms with Gasteiger partial charge in [-0.15, -0.1) is 0 Å². The molecule has 0 fully saturated rings. The molecule has 0 bridgehead atoms. The number of hydrogen-bond donors (Lipinski definition) is 1. The second-order valence-corrected chi connectivity index (χ2v) is 5.25. The van der Waals surface area contributed by atoms with Crippen molar-refractivity contribution in [3.8, 4) is 0 Å². The van der Waals surface area contributed by atoms with Crippen LogP contribution in [0.3, 0.4) is 0 Å². The SMILES string of the molecule is CCc1cc(CNCc2cc(C)c(F)c(C)c2)n(C)n1. The fraction of sp³-hybridized carbons (Fsp3) is 0.438. The molecule has 1 aromatic heterocycles. The van der Waals surface area contributed by atoms with Crippen LogP contribution in [0.4, 0.5) is 4.39 Å². The number of aromatic nitrogens is 2. The molecule has 20 heavy (non-hydrogen) atoms. The van der Waals surface area contributed by atoms with Crippen LogP contribution in [0.15, 0.2) is 18.2 Å². The molecule has 0 aliphatic heterocycles. The van der Waals surface area contributed by atoms with Crippen molar-refractivity contribution in [3.63, 3.8) is 0 Å². The van der Waals surface area contributed by atoms with E-state index < -0.39 is 0 Å². The van der Waals surface area contributed by atoms with Crippen molar-refractivity contribution in [2.75, 3.05) is 0 Å². The zero-order valence-electron chi connectivity index (χ0n) is 12.6. The van der Waals surface area contributed by atoms with Crippen LogP contribution in [0.1, 0.15) is 35.0 Å². The Balaban J connectivity index is 1.97. The van der Waals surface area contributed by atoms with E-state index in [9.17, 15) is 4.39 Å². The summed E-state index contributed by atoms with van der Waals surface area (Å²) in [6.07, 6.45) is 0.949. The lowest BCUT2D eigenvalue weighted by Crippen LogP contribution is -2.15. The third-order valence-electron chi connectivity index (χ3n) is 3.52. The first-order valence-electron chi connectivity index (χ1n) is 6.99. The van der Waals surface area contributed by atoms with Crippen LogP contribution in [-0.2, 0) is 26.6 Å². The van der Waals surface area contributed by atoms with Gasteiger partial charge >= 0.3 is 0 Å². The van der Waals surface area contributed by atoms with Crippen LogP contribution in [0.25, 0.3) is 0 Å². The Morgan fingerprint density at radius 1 is 1.15 bits per heavy atom. The zero-order valence-corrected chi connectivity index (χ0v) is 12.6. The van der Waals surface area contributed by atoms with Gasteiger partial charge in [-0.3, -0.25) is 4.68 Å². The first kappa shape index (κ1) is 14.7. The van der Waals surface area contributed by atoms with Crippen molar-refractivity contribution in [2.45, 2.75) is 40.3 Å². The van der Waals surface area contributed by atoms with Crippen molar-refractivity contribution in [3.05, 3.63) is 52.1 Å². The lowest BCUT2D eigenvalue weighted by Gasteiger charge is -2.08. The van der Waals surface area contributed by atoms with E-state index in [1.54, 1.807) is 13.8 Å². The lowest BCUT2D eigenvalue weighted by atomic mass is 10.1. The monoisotopic (exact) mass is 275 g/mol. The normalized spacial score (nSPS) is 11.1. The van der Waals surface area contributed by atoms with Crippen LogP contribution in [0, 0.1) is 19.7 Å². The molecule has 0 radical (unpaired) electrons. The lowest BCUT2D eigenvalue weighted by molar-refractivity contribution is 0.602. The molecule has 0 saturated carbocycles. The third kappa shape index (κ3) is 3.25. The molecule has 0 spiro atoms. The molecule has 0 aliphatic rings. The van der Waals surface area contributed by atoms with Crippen LogP contribution in [0.2, 0.25) is 0 Å². The Kier molecular flexibility index (Phi) is 4.55. The molecule has 108 valence electrons. The number of aryl methyl sites for hydroxylation is 4. The van der Waals surface area contributed by atoms with E-state index in [1.807, 2.05) is 23.9 Å². The van der Waals surface area contributed by atoms with Crippen LogP contribution in [0.5, 0.6) is 0 Å². The molecular weight excluding hydrogens is 253 g/mol. The molecule has 0 amide bonds. The highest BCUT2D eigenvalue weighted by Gasteiger charge is 2.06. The van der Waals surface area contributed by atoms with Crippen molar-refractivity contribution < 1.29 is 4.39 Å². The van der Waals surface area contributed by atoms with Gasteiger partial charge in [0.1, 0.15) is 5.82 Å². The summed E-state index contributed by atoms with van der Waals surface area (Å²) in [7, 11) is 1.96. The number of halogens is 1. The second-order valence-electron chi connectivity index (χ2n) is 5.25.